The van der Waals surface area contributed by atoms with Gasteiger partial charge in [0.15, 0.2) is 5.69 Å². The molecule has 1 aromatic heterocycles. The van der Waals surface area contributed by atoms with E-state index < -0.39 is 12.3 Å². The predicted octanol–water partition coefficient (Wildman–Crippen LogP) is 4.55. The molecule has 0 spiro atoms. The standard InChI is InChI=1S/C18H17F3N2O4S/c1-2-25-17(24)15-11-26-16(22-15)12-7-9-23(10-8-12)28-14-5-3-13(4-6-14)27-18(19,20)21/h3-7,11H,2,8-10H2,1H3. The topological polar surface area (TPSA) is 64.8 Å². The van der Waals surface area contributed by atoms with Crippen molar-refractivity contribution in [2.24, 2.45) is 0 Å². The zero-order chi connectivity index (χ0) is 20.1. The highest BCUT2D eigenvalue weighted by atomic mass is 32.2. The van der Waals surface area contributed by atoms with Crippen LogP contribution in [0.1, 0.15) is 29.7 Å². The van der Waals surface area contributed by atoms with Gasteiger partial charge in [0.1, 0.15) is 12.0 Å². The summed E-state index contributed by atoms with van der Waals surface area (Å²) in [5.41, 5.74) is 1.03. The molecule has 2 heterocycles. The number of carbonyl (C=O) groups is 1. The van der Waals surface area contributed by atoms with E-state index in [-0.39, 0.29) is 18.1 Å². The molecular weight excluding hydrogens is 397 g/mol. The van der Waals surface area contributed by atoms with Crippen LogP contribution in [0.25, 0.3) is 5.57 Å². The van der Waals surface area contributed by atoms with Gasteiger partial charge in [0, 0.05) is 23.6 Å². The summed E-state index contributed by atoms with van der Waals surface area (Å²) < 4.78 is 52.7. The summed E-state index contributed by atoms with van der Waals surface area (Å²) in [6, 6.07) is 5.71. The molecule has 1 aliphatic rings. The van der Waals surface area contributed by atoms with Crippen molar-refractivity contribution < 1.29 is 31.9 Å². The second-order valence-electron chi connectivity index (χ2n) is 5.74. The highest BCUT2D eigenvalue weighted by Crippen LogP contribution is 2.31. The Morgan fingerprint density at radius 2 is 2.07 bits per heavy atom. The van der Waals surface area contributed by atoms with Crippen LogP contribution in [0.4, 0.5) is 13.2 Å². The molecule has 0 aliphatic carbocycles. The SMILES string of the molecule is CCOC(=O)c1coc(C2=CCN(Sc3ccc(OC(F)(F)F)cc3)CC2)n1. The Balaban J connectivity index is 1.56. The first-order chi connectivity index (χ1) is 13.3. The molecule has 1 aromatic carbocycles. The molecular formula is C18H17F3N2O4S. The van der Waals surface area contributed by atoms with E-state index in [1.807, 2.05) is 6.08 Å². The number of hydrogen-bond acceptors (Lipinski definition) is 7. The zero-order valence-corrected chi connectivity index (χ0v) is 15.7. The third-order valence-electron chi connectivity index (χ3n) is 3.73. The number of rotatable bonds is 6. The molecule has 3 rings (SSSR count). The van der Waals surface area contributed by atoms with Gasteiger partial charge in [-0.3, -0.25) is 0 Å². The van der Waals surface area contributed by atoms with Gasteiger partial charge in [0.25, 0.3) is 0 Å². The second kappa shape index (κ2) is 8.70. The third kappa shape index (κ3) is 5.52. The van der Waals surface area contributed by atoms with Gasteiger partial charge in [-0.1, -0.05) is 6.08 Å². The van der Waals surface area contributed by atoms with Crippen molar-refractivity contribution in [1.29, 1.82) is 0 Å². The van der Waals surface area contributed by atoms with Crippen LogP contribution in [0.3, 0.4) is 0 Å². The molecule has 0 amide bonds. The number of ether oxygens (including phenoxy) is 2. The van der Waals surface area contributed by atoms with Crippen LogP contribution >= 0.6 is 11.9 Å². The first kappa shape index (κ1) is 20.3. The quantitative estimate of drug-likeness (QED) is 0.508. The predicted molar refractivity (Wildman–Crippen MR) is 95.6 cm³/mol. The Kier molecular flexibility index (Phi) is 6.30. The molecule has 0 N–H and O–H groups in total. The lowest BCUT2D eigenvalue weighted by Gasteiger charge is -2.24. The zero-order valence-electron chi connectivity index (χ0n) is 14.9. The van der Waals surface area contributed by atoms with Gasteiger partial charge in [-0.05, 0) is 49.6 Å². The molecule has 0 bridgehead atoms. The Hall–Kier alpha value is -2.46. The van der Waals surface area contributed by atoms with Gasteiger partial charge >= 0.3 is 12.3 Å². The lowest BCUT2D eigenvalue weighted by atomic mass is 10.1. The van der Waals surface area contributed by atoms with E-state index >= 15 is 0 Å². The molecule has 0 radical (unpaired) electrons. The molecule has 2 aromatic rings. The molecule has 0 saturated heterocycles. The van der Waals surface area contributed by atoms with Crippen LogP contribution in [0.2, 0.25) is 0 Å². The fourth-order valence-electron chi connectivity index (χ4n) is 2.50. The number of hydrogen-bond donors (Lipinski definition) is 0. The number of oxazole rings is 1. The van der Waals surface area contributed by atoms with Crippen LogP contribution in [0.5, 0.6) is 5.75 Å². The molecule has 1 aliphatic heterocycles. The lowest BCUT2D eigenvalue weighted by molar-refractivity contribution is -0.274. The maximum atomic E-state index is 12.2. The number of carbonyl (C=O) groups excluding carboxylic acids is 1. The fraction of sp³-hybridized carbons (Fsp3) is 0.333. The minimum absolute atomic E-state index is 0.135. The van der Waals surface area contributed by atoms with E-state index in [1.54, 1.807) is 19.1 Å². The van der Waals surface area contributed by atoms with Gasteiger partial charge in [-0.15, -0.1) is 13.2 Å². The molecule has 0 saturated carbocycles. The molecule has 6 nitrogen and oxygen atoms in total. The van der Waals surface area contributed by atoms with E-state index in [2.05, 4.69) is 14.0 Å². The van der Waals surface area contributed by atoms with Crippen LogP contribution in [0, 0.1) is 0 Å². The Bertz CT molecular complexity index is 849. The molecule has 10 heteroatoms. The van der Waals surface area contributed by atoms with Gasteiger partial charge in [0.2, 0.25) is 5.89 Å². The minimum Gasteiger partial charge on any atom is -0.461 e. The van der Waals surface area contributed by atoms with Crippen molar-refractivity contribution in [3.63, 3.8) is 0 Å². The first-order valence-electron chi connectivity index (χ1n) is 8.45. The van der Waals surface area contributed by atoms with Crippen molar-refractivity contribution in [2.45, 2.75) is 24.6 Å². The number of aromatic nitrogens is 1. The van der Waals surface area contributed by atoms with E-state index in [0.717, 1.165) is 10.5 Å². The maximum Gasteiger partial charge on any atom is 0.573 e. The largest absolute Gasteiger partial charge is 0.573 e. The van der Waals surface area contributed by atoms with E-state index in [1.165, 1.54) is 30.3 Å². The summed E-state index contributed by atoms with van der Waals surface area (Å²) in [5.74, 6) is -0.385. The monoisotopic (exact) mass is 414 g/mol. The average Bonchev–Trinajstić information content (AvgIpc) is 3.13. The number of esters is 1. The van der Waals surface area contributed by atoms with Gasteiger partial charge < -0.3 is 13.9 Å². The number of alkyl halides is 3. The Morgan fingerprint density at radius 1 is 1.32 bits per heavy atom. The van der Waals surface area contributed by atoms with Crippen molar-refractivity contribution in [2.75, 3.05) is 19.7 Å². The van der Waals surface area contributed by atoms with Crippen LogP contribution < -0.4 is 4.74 Å². The van der Waals surface area contributed by atoms with E-state index in [0.29, 0.717) is 25.4 Å². The average molecular weight is 414 g/mol. The van der Waals surface area contributed by atoms with Crippen molar-refractivity contribution >= 4 is 23.5 Å². The smallest absolute Gasteiger partial charge is 0.461 e. The highest BCUT2D eigenvalue weighted by molar-refractivity contribution is 7.97. The Morgan fingerprint density at radius 3 is 2.68 bits per heavy atom. The highest BCUT2D eigenvalue weighted by Gasteiger charge is 2.31. The number of halogens is 3. The van der Waals surface area contributed by atoms with Crippen LogP contribution in [-0.2, 0) is 4.74 Å². The summed E-state index contributed by atoms with van der Waals surface area (Å²) >= 11 is 1.43. The molecule has 0 fully saturated rings. The first-order valence-corrected chi connectivity index (χ1v) is 9.22. The molecule has 150 valence electrons. The summed E-state index contributed by atoms with van der Waals surface area (Å²) in [6.07, 6.45) is -0.820. The van der Waals surface area contributed by atoms with Crippen LogP contribution in [0.15, 0.2) is 45.9 Å². The Labute approximate surface area is 163 Å². The van der Waals surface area contributed by atoms with Crippen molar-refractivity contribution in [3.05, 3.63) is 48.2 Å². The summed E-state index contributed by atoms with van der Waals surface area (Å²) in [4.78, 5) is 16.6. The third-order valence-corrected chi connectivity index (χ3v) is 4.80. The molecule has 0 unspecified atom stereocenters. The van der Waals surface area contributed by atoms with Crippen molar-refractivity contribution in [3.8, 4) is 5.75 Å². The van der Waals surface area contributed by atoms with E-state index in [9.17, 15) is 18.0 Å². The summed E-state index contributed by atoms with van der Waals surface area (Å²) in [7, 11) is 0. The second-order valence-corrected chi connectivity index (χ2v) is 6.91. The molecule has 0 atom stereocenters. The van der Waals surface area contributed by atoms with Gasteiger partial charge in [0.05, 0.1) is 6.61 Å². The maximum absolute atomic E-state index is 12.2. The summed E-state index contributed by atoms with van der Waals surface area (Å²) in [5, 5.41) is 0. The van der Waals surface area contributed by atoms with Crippen molar-refractivity contribution in [1.82, 2.24) is 9.29 Å². The van der Waals surface area contributed by atoms with Gasteiger partial charge in [-0.2, -0.15) is 0 Å². The number of benzene rings is 1. The number of nitrogens with zero attached hydrogens (tertiary/aromatic N) is 2. The van der Waals surface area contributed by atoms with Gasteiger partial charge in [-0.25, -0.2) is 14.1 Å². The van der Waals surface area contributed by atoms with E-state index in [4.69, 9.17) is 9.15 Å². The normalized spacial score (nSPS) is 15.2. The van der Waals surface area contributed by atoms with Crippen LogP contribution in [-0.4, -0.2) is 41.3 Å². The molecule has 28 heavy (non-hydrogen) atoms. The lowest BCUT2D eigenvalue weighted by Crippen LogP contribution is -2.21. The fourth-order valence-corrected chi connectivity index (χ4v) is 3.39. The minimum atomic E-state index is -4.70. The summed E-state index contributed by atoms with van der Waals surface area (Å²) in [6.45, 7) is 3.26.